The smallest absolute Gasteiger partial charge is 0.341 e. The molecule has 0 bridgehead atoms. The van der Waals surface area contributed by atoms with Crippen molar-refractivity contribution in [1.82, 2.24) is 9.38 Å². The van der Waals surface area contributed by atoms with Crippen LogP contribution in [0, 0.1) is 0 Å². The number of benzene rings is 2. The van der Waals surface area contributed by atoms with Crippen molar-refractivity contribution in [2.75, 3.05) is 28.4 Å². The summed E-state index contributed by atoms with van der Waals surface area (Å²) in [6.07, 6.45) is 1.37. The van der Waals surface area contributed by atoms with E-state index in [0.717, 1.165) is 4.47 Å². The predicted octanol–water partition coefficient (Wildman–Crippen LogP) is 4.59. The molecular weight excluding hydrogens is 532 g/mol. The van der Waals surface area contributed by atoms with Gasteiger partial charge in [-0.15, -0.1) is 0 Å². The van der Waals surface area contributed by atoms with Crippen LogP contribution in [0.3, 0.4) is 0 Å². The number of halogens is 1. The third-order valence-corrected chi connectivity index (χ3v) is 6.14. The minimum Gasteiger partial charge on any atom is -0.497 e. The number of carbonyl (C=O) groups excluding carboxylic acids is 3. The summed E-state index contributed by atoms with van der Waals surface area (Å²) in [5.41, 5.74) is 1.20. The monoisotopic (exact) mass is 552 g/mol. The molecule has 2 heterocycles. The fourth-order valence-electron chi connectivity index (χ4n) is 3.88. The Kier molecular flexibility index (Phi) is 7.07. The van der Waals surface area contributed by atoms with E-state index in [1.807, 2.05) is 0 Å². The summed E-state index contributed by atoms with van der Waals surface area (Å²) in [4.78, 5) is 43.9. The number of rotatable bonds is 7. The van der Waals surface area contributed by atoms with E-state index in [2.05, 4.69) is 20.9 Å². The number of ether oxygens (including phenoxy) is 4. The van der Waals surface area contributed by atoms with Gasteiger partial charge in [-0.1, -0.05) is 15.9 Å². The van der Waals surface area contributed by atoms with Gasteiger partial charge in [0.15, 0.2) is 0 Å². The standard InChI is InChI=1S/C26H21BrN2O7/c1-33-16-9-10-17(20(11-16)34-2)18-12-19-21(25(31)35-3)22(26(32)36-4)23(29(19)13-28-18)24(30)14-5-7-15(27)8-6-14/h5-13H,1-4H3. The maximum Gasteiger partial charge on any atom is 0.341 e. The highest BCUT2D eigenvalue weighted by Gasteiger charge is 2.33. The van der Waals surface area contributed by atoms with Crippen LogP contribution >= 0.6 is 15.9 Å². The minimum absolute atomic E-state index is 0.0691. The van der Waals surface area contributed by atoms with E-state index in [4.69, 9.17) is 18.9 Å². The van der Waals surface area contributed by atoms with Crippen LogP contribution in [-0.4, -0.2) is 55.5 Å². The van der Waals surface area contributed by atoms with Crippen LogP contribution in [0.4, 0.5) is 0 Å². The molecule has 0 fully saturated rings. The molecule has 0 spiro atoms. The number of hydrogen-bond donors (Lipinski definition) is 0. The fraction of sp³-hybridized carbons (Fsp3) is 0.154. The first-order chi connectivity index (χ1) is 17.3. The number of esters is 2. The number of hydrogen-bond acceptors (Lipinski definition) is 8. The Balaban J connectivity index is 2.04. The molecular formula is C26H21BrN2O7. The second-order valence-electron chi connectivity index (χ2n) is 7.51. The second kappa shape index (κ2) is 10.2. The van der Waals surface area contributed by atoms with Crippen molar-refractivity contribution in [2.45, 2.75) is 0 Å². The summed E-state index contributed by atoms with van der Waals surface area (Å²) < 4.78 is 22.8. The van der Waals surface area contributed by atoms with Crippen molar-refractivity contribution >= 4 is 39.2 Å². The summed E-state index contributed by atoms with van der Waals surface area (Å²) in [6, 6.07) is 13.4. The Hall–Kier alpha value is -4.18. The number of carbonyl (C=O) groups is 3. The van der Waals surface area contributed by atoms with Crippen LogP contribution < -0.4 is 9.47 Å². The first kappa shape index (κ1) is 24.9. The molecule has 9 nitrogen and oxygen atoms in total. The molecule has 0 aliphatic rings. The largest absolute Gasteiger partial charge is 0.497 e. The third kappa shape index (κ3) is 4.31. The lowest BCUT2D eigenvalue weighted by Gasteiger charge is -2.11. The normalized spacial score (nSPS) is 10.7. The van der Waals surface area contributed by atoms with Gasteiger partial charge < -0.3 is 18.9 Å². The molecule has 0 aliphatic heterocycles. The van der Waals surface area contributed by atoms with Crippen molar-refractivity contribution in [1.29, 1.82) is 0 Å². The molecule has 0 N–H and O–H groups in total. The molecule has 0 amide bonds. The van der Waals surface area contributed by atoms with Gasteiger partial charge in [-0.05, 0) is 42.5 Å². The van der Waals surface area contributed by atoms with Gasteiger partial charge in [-0.3, -0.25) is 9.20 Å². The van der Waals surface area contributed by atoms with Crippen molar-refractivity contribution < 1.29 is 33.3 Å². The lowest BCUT2D eigenvalue weighted by atomic mass is 10.0. The maximum absolute atomic E-state index is 13.6. The van der Waals surface area contributed by atoms with Crippen molar-refractivity contribution in [3.8, 4) is 22.8 Å². The summed E-state index contributed by atoms with van der Waals surface area (Å²) in [7, 11) is 5.42. The second-order valence-corrected chi connectivity index (χ2v) is 8.43. The Bertz CT molecular complexity index is 1490. The SMILES string of the molecule is COC(=O)c1c(C(=O)OC)c2cc(-c3ccc(OC)cc3OC)ncn2c1C(=O)c1ccc(Br)cc1. The molecule has 4 aromatic rings. The average molecular weight is 553 g/mol. The van der Waals surface area contributed by atoms with Gasteiger partial charge in [-0.25, -0.2) is 14.6 Å². The molecule has 0 radical (unpaired) electrons. The van der Waals surface area contributed by atoms with E-state index in [9.17, 15) is 14.4 Å². The van der Waals surface area contributed by atoms with E-state index in [1.54, 1.807) is 55.6 Å². The Morgan fingerprint density at radius 1 is 0.833 bits per heavy atom. The van der Waals surface area contributed by atoms with Crippen LogP contribution in [0.25, 0.3) is 16.8 Å². The lowest BCUT2D eigenvalue weighted by Crippen LogP contribution is -2.15. The Morgan fingerprint density at radius 3 is 2.11 bits per heavy atom. The Labute approximate surface area is 214 Å². The highest BCUT2D eigenvalue weighted by Crippen LogP contribution is 2.35. The average Bonchev–Trinajstić information content (AvgIpc) is 3.26. The van der Waals surface area contributed by atoms with E-state index in [-0.39, 0.29) is 22.3 Å². The summed E-state index contributed by atoms with van der Waals surface area (Å²) >= 11 is 3.34. The molecule has 0 saturated carbocycles. The molecule has 0 aliphatic carbocycles. The van der Waals surface area contributed by atoms with Gasteiger partial charge in [0.05, 0.1) is 39.6 Å². The molecule has 0 atom stereocenters. The Morgan fingerprint density at radius 2 is 1.50 bits per heavy atom. The first-order valence-electron chi connectivity index (χ1n) is 10.6. The molecule has 0 unspecified atom stereocenters. The zero-order valence-corrected chi connectivity index (χ0v) is 21.4. The minimum atomic E-state index is -0.858. The van der Waals surface area contributed by atoms with E-state index < -0.39 is 17.7 Å². The first-order valence-corrected chi connectivity index (χ1v) is 11.4. The molecule has 0 saturated heterocycles. The number of nitrogens with zero attached hydrogens (tertiary/aromatic N) is 2. The topological polar surface area (TPSA) is 105 Å². The van der Waals surface area contributed by atoms with Gasteiger partial charge in [0, 0.05) is 21.7 Å². The third-order valence-electron chi connectivity index (χ3n) is 5.61. The lowest BCUT2D eigenvalue weighted by molar-refractivity contribution is 0.0556. The van der Waals surface area contributed by atoms with Crippen molar-refractivity contribution in [3.63, 3.8) is 0 Å². The summed E-state index contributed by atoms with van der Waals surface area (Å²) in [6.45, 7) is 0. The van der Waals surface area contributed by atoms with Gasteiger partial charge in [0.1, 0.15) is 34.6 Å². The van der Waals surface area contributed by atoms with Crippen LogP contribution in [0.2, 0.25) is 0 Å². The highest BCUT2D eigenvalue weighted by molar-refractivity contribution is 9.10. The van der Waals surface area contributed by atoms with Gasteiger partial charge in [0.2, 0.25) is 5.78 Å². The van der Waals surface area contributed by atoms with E-state index in [1.165, 1.54) is 32.1 Å². The van der Waals surface area contributed by atoms with E-state index in [0.29, 0.717) is 28.3 Å². The molecule has 36 heavy (non-hydrogen) atoms. The summed E-state index contributed by atoms with van der Waals surface area (Å²) in [5, 5.41) is 0. The molecule has 184 valence electrons. The number of aromatic nitrogens is 2. The van der Waals surface area contributed by atoms with Crippen LogP contribution in [0.15, 0.2) is 59.3 Å². The number of fused-ring (bicyclic) bond motifs is 1. The highest BCUT2D eigenvalue weighted by atomic mass is 79.9. The van der Waals surface area contributed by atoms with Gasteiger partial charge >= 0.3 is 11.9 Å². The van der Waals surface area contributed by atoms with Gasteiger partial charge in [-0.2, -0.15) is 0 Å². The molecule has 2 aromatic carbocycles. The fourth-order valence-corrected chi connectivity index (χ4v) is 4.15. The molecule has 10 heteroatoms. The zero-order valence-electron chi connectivity index (χ0n) is 19.8. The van der Waals surface area contributed by atoms with Crippen LogP contribution in [-0.2, 0) is 9.47 Å². The predicted molar refractivity (Wildman–Crippen MR) is 134 cm³/mol. The molecule has 2 aromatic heterocycles. The maximum atomic E-state index is 13.6. The summed E-state index contributed by atoms with van der Waals surface area (Å²) in [5.74, 6) is -1.09. The van der Waals surface area contributed by atoms with Crippen molar-refractivity contribution in [2.24, 2.45) is 0 Å². The van der Waals surface area contributed by atoms with Crippen LogP contribution in [0.5, 0.6) is 11.5 Å². The number of ketones is 1. The van der Waals surface area contributed by atoms with Crippen LogP contribution in [0.1, 0.15) is 36.8 Å². The van der Waals surface area contributed by atoms with E-state index >= 15 is 0 Å². The zero-order chi connectivity index (χ0) is 26.0. The van der Waals surface area contributed by atoms with Crippen molar-refractivity contribution in [3.05, 3.63) is 81.7 Å². The number of methoxy groups -OCH3 is 4. The van der Waals surface area contributed by atoms with Gasteiger partial charge in [0.25, 0.3) is 0 Å². The quantitative estimate of drug-likeness (QED) is 0.242. The molecule has 4 rings (SSSR count).